The van der Waals surface area contributed by atoms with E-state index in [-0.39, 0.29) is 0 Å². The number of hydrogen-bond acceptors (Lipinski definition) is 3. The van der Waals surface area contributed by atoms with E-state index < -0.39 is 0 Å². The standard InChI is InChI=1S/C22H26N4/c1-4-23-11-7-12-24-22-20-18-14-16-8-5-6-9-17(16)15(2)21(18)26(3)19(20)10-13-25-22/h5-6,8-10,13-14,23H,4,7,11-12H2,1-3H3,(H,24,25). The summed E-state index contributed by atoms with van der Waals surface area (Å²) in [6.07, 6.45) is 2.99. The lowest BCUT2D eigenvalue weighted by molar-refractivity contribution is 0.688. The average molecular weight is 346 g/mol. The molecule has 0 fully saturated rings. The van der Waals surface area contributed by atoms with Gasteiger partial charge in [0.05, 0.1) is 11.0 Å². The second-order valence-electron chi connectivity index (χ2n) is 6.87. The van der Waals surface area contributed by atoms with E-state index in [1.54, 1.807) is 0 Å². The molecule has 0 aliphatic heterocycles. The zero-order valence-corrected chi connectivity index (χ0v) is 15.8. The van der Waals surface area contributed by atoms with Crippen LogP contribution in [0.25, 0.3) is 32.6 Å². The zero-order chi connectivity index (χ0) is 18.1. The first-order valence-corrected chi connectivity index (χ1v) is 9.42. The Morgan fingerprint density at radius 2 is 1.92 bits per heavy atom. The van der Waals surface area contributed by atoms with Gasteiger partial charge in [-0.3, -0.25) is 0 Å². The number of benzene rings is 2. The monoisotopic (exact) mass is 346 g/mol. The number of nitrogens with one attached hydrogen (secondary N) is 2. The van der Waals surface area contributed by atoms with E-state index in [0.29, 0.717) is 0 Å². The molecular weight excluding hydrogens is 320 g/mol. The first-order valence-electron chi connectivity index (χ1n) is 9.42. The van der Waals surface area contributed by atoms with Crippen LogP contribution in [0.3, 0.4) is 0 Å². The molecule has 2 N–H and O–H groups in total. The van der Waals surface area contributed by atoms with Gasteiger partial charge in [-0.25, -0.2) is 4.98 Å². The van der Waals surface area contributed by atoms with Crippen molar-refractivity contribution in [2.45, 2.75) is 20.3 Å². The summed E-state index contributed by atoms with van der Waals surface area (Å²) in [5.41, 5.74) is 3.85. The molecule has 26 heavy (non-hydrogen) atoms. The van der Waals surface area contributed by atoms with E-state index in [9.17, 15) is 0 Å². The summed E-state index contributed by atoms with van der Waals surface area (Å²) in [6, 6.07) is 13.1. The van der Waals surface area contributed by atoms with Crippen molar-refractivity contribution in [1.29, 1.82) is 0 Å². The molecule has 0 aliphatic carbocycles. The first-order chi connectivity index (χ1) is 12.7. The van der Waals surface area contributed by atoms with Crippen LogP contribution >= 0.6 is 0 Å². The summed E-state index contributed by atoms with van der Waals surface area (Å²) in [5.74, 6) is 0.985. The van der Waals surface area contributed by atoms with E-state index in [1.165, 1.54) is 38.1 Å². The smallest absolute Gasteiger partial charge is 0.136 e. The molecule has 4 nitrogen and oxygen atoms in total. The number of aryl methyl sites for hydroxylation is 2. The van der Waals surface area contributed by atoms with Gasteiger partial charge in [-0.05, 0) is 54.9 Å². The molecule has 0 radical (unpaired) electrons. The minimum Gasteiger partial charge on any atom is -0.369 e. The third-order valence-electron chi connectivity index (χ3n) is 5.24. The van der Waals surface area contributed by atoms with E-state index >= 15 is 0 Å². The maximum atomic E-state index is 4.65. The molecule has 0 saturated carbocycles. The van der Waals surface area contributed by atoms with Crippen molar-refractivity contribution in [2.24, 2.45) is 7.05 Å². The molecule has 0 unspecified atom stereocenters. The van der Waals surface area contributed by atoms with Crippen molar-refractivity contribution in [3.8, 4) is 0 Å². The van der Waals surface area contributed by atoms with Crippen LogP contribution < -0.4 is 10.6 Å². The molecule has 0 amide bonds. The second-order valence-corrected chi connectivity index (χ2v) is 6.87. The predicted octanol–water partition coefficient (Wildman–Crippen LogP) is 4.60. The van der Waals surface area contributed by atoms with Gasteiger partial charge in [0.15, 0.2) is 0 Å². The lowest BCUT2D eigenvalue weighted by atomic mass is 10.0. The second kappa shape index (κ2) is 6.96. The highest BCUT2D eigenvalue weighted by Gasteiger charge is 2.16. The number of nitrogens with zero attached hydrogens (tertiary/aromatic N) is 2. The van der Waals surface area contributed by atoms with Gasteiger partial charge >= 0.3 is 0 Å². The van der Waals surface area contributed by atoms with Crippen molar-refractivity contribution in [3.63, 3.8) is 0 Å². The van der Waals surface area contributed by atoms with Crippen LogP contribution in [0.1, 0.15) is 18.9 Å². The van der Waals surface area contributed by atoms with Gasteiger partial charge in [0.2, 0.25) is 0 Å². The molecule has 2 aromatic heterocycles. The highest BCUT2D eigenvalue weighted by Crippen LogP contribution is 2.37. The number of pyridine rings is 1. The fraction of sp³-hybridized carbons (Fsp3) is 0.318. The van der Waals surface area contributed by atoms with Gasteiger partial charge in [-0.2, -0.15) is 0 Å². The van der Waals surface area contributed by atoms with Crippen molar-refractivity contribution in [3.05, 3.63) is 48.2 Å². The van der Waals surface area contributed by atoms with Crippen LogP contribution in [-0.2, 0) is 7.05 Å². The number of fused-ring (bicyclic) bond motifs is 4. The molecular formula is C22H26N4. The van der Waals surface area contributed by atoms with Crippen LogP contribution in [-0.4, -0.2) is 29.2 Å². The summed E-state index contributed by atoms with van der Waals surface area (Å²) >= 11 is 0. The average Bonchev–Trinajstić information content (AvgIpc) is 2.95. The van der Waals surface area contributed by atoms with Crippen molar-refractivity contribution in [2.75, 3.05) is 25.0 Å². The molecule has 0 saturated heterocycles. The Balaban J connectivity index is 1.87. The molecule has 4 heteroatoms. The van der Waals surface area contributed by atoms with Gasteiger partial charge in [0.25, 0.3) is 0 Å². The lowest BCUT2D eigenvalue weighted by Gasteiger charge is -2.08. The Hall–Kier alpha value is -2.59. The van der Waals surface area contributed by atoms with Crippen LogP contribution in [0.2, 0.25) is 0 Å². The van der Waals surface area contributed by atoms with E-state index in [0.717, 1.165) is 31.9 Å². The number of anilines is 1. The Bertz CT molecular complexity index is 1080. The lowest BCUT2D eigenvalue weighted by Crippen LogP contribution is -2.17. The molecule has 0 spiro atoms. The summed E-state index contributed by atoms with van der Waals surface area (Å²) in [4.78, 5) is 4.65. The third-order valence-corrected chi connectivity index (χ3v) is 5.24. The van der Waals surface area contributed by atoms with Gasteiger partial charge < -0.3 is 15.2 Å². The van der Waals surface area contributed by atoms with Crippen LogP contribution in [0.4, 0.5) is 5.82 Å². The third kappa shape index (κ3) is 2.71. The van der Waals surface area contributed by atoms with Crippen molar-refractivity contribution >= 4 is 38.4 Å². The Kier molecular flexibility index (Phi) is 4.51. The Morgan fingerprint density at radius 1 is 1.08 bits per heavy atom. The maximum Gasteiger partial charge on any atom is 0.136 e. The largest absolute Gasteiger partial charge is 0.369 e. The van der Waals surface area contributed by atoms with Gasteiger partial charge in [-0.1, -0.05) is 31.2 Å². The van der Waals surface area contributed by atoms with E-state index in [1.807, 2.05) is 6.20 Å². The number of rotatable bonds is 6. The van der Waals surface area contributed by atoms with E-state index in [2.05, 4.69) is 77.5 Å². The van der Waals surface area contributed by atoms with Crippen LogP contribution in [0.15, 0.2) is 42.6 Å². The van der Waals surface area contributed by atoms with Gasteiger partial charge in [0, 0.05) is 30.6 Å². The van der Waals surface area contributed by atoms with Crippen LogP contribution in [0.5, 0.6) is 0 Å². The van der Waals surface area contributed by atoms with Gasteiger partial charge in [-0.15, -0.1) is 0 Å². The maximum absolute atomic E-state index is 4.65. The SMILES string of the molecule is CCNCCCNc1nccc2c1c1cc3ccccc3c(C)c1n2C. The topological polar surface area (TPSA) is 41.9 Å². The summed E-state index contributed by atoms with van der Waals surface area (Å²) in [6.45, 7) is 7.32. The molecule has 0 atom stereocenters. The molecule has 0 bridgehead atoms. The quantitative estimate of drug-likeness (QED) is 0.501. The minimum absolute atomic E-state index is 0.919. The fourth-order valence-electron chi connectivity index (χ4n) is 3.99. The first kappa shape index (κ1) is 16.9. The minimum atomic E-state index is 0.919. The molecule has 134 valence electrons. The molecule has 0 aliphatic rings. The molecule has 2 aromatic carbocycles. The molecule has 2 heterocycles. The highest BCUT2D eigenvalue weighted by molar-refractivity contribution is 6.17. The Morgan fingerprint density at radius 3 is 2.77 bits per heavy atom. The predicted molar refractivity (Wildman–Crippen MR) is 112 cm³/mol. The molecule has 4 aromatic rings. The summed E-state index contributed by atoms with van der Waals surface area (Å²) in [7, 11) is 2.15. The van der Waals surface area contributed by atoms with Crippen molar-refractivity contribution < 1.29 is 0 Å². The fourth-order valence-corrected chi connectivity index (χ4v) is 3.99. The molecule has 4 rings (SSSR count). The number of aromatic nitrogens is 2. The summed E-state index contributed by atoms with van der Waals surface area (Å²) < 4.78 is 2.30. The Labute approximate surface area is 154 Å². The highest BCUT2D eigenvalue weighted by atomic mass is 15.0. The van der Waals surface area contributed by atoms with E-state index in [4.69, 9.17) is 0 Å². The zero-order valence-electron chi connectivity index (χ0n) is 15.8. The summed E-state index contributed by atoms with van der Waals surface area (Å²) in [5, 5.41) is 12.0. The normalized spacial score (nSPS) is 11.7. The van der Waals surface area contributed by atoms with Crippen LogP contribution in [0, 0.1) is 6.92 Å². The van der Waals surface area contributed by atoms with Gasteiger partial charge in [0.1, 0.15) is 5.82 Å². The van der Waals surface area contributed by atoms with Crippen molar-refractivity contribution in [1.82, 2.24) is 14.9 Å². The number of hydrogen-bond donors (Lipinski definition) is 2.